The molecule has 2 rings (SSSR count). The molecule has 1 N–H and O–H groups in total. The van der Waals surface area contributed by atoms with Crippen molar-refractivity contribution < 1.29 is 0 Å². The van der Waals surface area contributed by atoms with Crippen LogP contribution < -0.4 is 5.32 Å². The van der Waals surface area contributed by atoms with E-state index in [4.69, 9.17) is 16.9 Å². The molecule has 4 heteroatoms. The average Bonchev–Trinajstić information content (AvgIpc) is 2.46. The highest BCUT2D eigenvalue weighted by atomic mass is 35.5. The van der Waals surface area contributed by atoms with Gasteiger partial charge in [-0.25, -0.2) is 0 Å². The van der Waals surface area contributed by atoms with Crippen molar-refractivity contribution >= 4 is 11.6 Å². The van der Waals surface area contributed by atoms with Crippen LogP contribution in [0.25, 0.3) is 0 Å². The molecule has 0 bridgehead atoms. The second-order valence-corrected chi connectivity index (χ2v) is 4.68. The first kappa shape index (κ1) is 13.5. The molecule has 96 valence electrons. The first-order valence-electron chi connectivity index (χ1n) is 6.03. The van der Waals surface area contributed by atoms with Crippen LogP contribution in [0.2, 0.25) is 5.02 Å². The summed E-state index contributed by atoms with van der Waals surface area (Å²) in [4.78, 5) is 4.30. The van der Waals surface area contributed by atoms with E-state index in [0.717, 1.165) is 11.3 Å². The Morgan fingerprint density at radius 2 is 2.21 bits per heavy atom. The van der Waals surface area contributed by atoms with Crippen molar-refractivity contribution in [2.24, 2.45) is 0 Å². The molecule has 0 saturated carbocycles. The van der Waals surface area contributed by atoms with Crippen molar-refractivity contribution in [3.05, 3.63) is 64.4 Å². The van der Waals surface area contributed by atoms with Crippen LogP contribution in [0.5, 0.6) is 0 Å². The van der Waals surface area contributed by atoms with E-state index in [1.807, 2.05) is 24.3 Å². The molecule has 1 aromatic carbocycles. The maximum atomic E-state index is 8.79. The topological polar surface area (TPSA) is 48.7 Å². The van der Waals surface area contributed by atoms with E-state index in [9.17, 15) is 0 Å². The SMILES string of the molecule is C[C@H](NCc1ccc(C#N)cc1Cl)c1ccccn1. The Hall–Kier alpha value is -1.89. The molecule has 0 amide bonds. The fourth-order valence-electron chi connectivity index (χ4n) is 1.76. The smallest absolute Gasteiger partial charge is 0.0992 e. The fraction of sp³-hybridized carbons (Fsp3) is 0.200. The van der Waals surface area contributed by atoms with E-state index in [0.29, 0.717) is 17.1 Å². The lowest BCUT2D eigenvalue weighted by Gasteiger charge is -2.14. The molecular weight excluding hydrogens is 258 g/mol. The summed E-state index contributed by atoms with van der Waals surface area (Å²) in [6.07, 6.45) is 1.78. The zero-order valence-corrected chi connectivity index (χ0v) is 11.4. The molecule has 0 unspecified atom stereocenters. The minimum atomic E-state index is 0.146. The van der Waals surface area contributed by atoms with Gasteiger partial charge in [-0.1, -0.05) is 23.7 Å². The van der Waals surface area contributed by atoms with Crippen LogP contribution >= 0.6 is 11.6 Å². The monoisotopic (exact) mass is 271 g/mol. The van der Waals surface area contributed by atoms with E-state index in [1.54, 1.807) is 18.3 Å². The van der Waals surface area contributed by atoms with Crippen LogP contribution in [0.4, 0.5) is 0 Å². The predicted molar refractivity (Wildman–Crippen MR) is 75.7 cm³/mol. The molecule has 2 aromatic rings. The van der Waals surface area contributed by atoms with Gasteiger partial charge < -0.3 is 5.32 Å². The highest BCUT2D eigenvalue weighted by Gasteiger charge is 2.07. The van der Waals surface area contributed by atoms with Crippen molar-refractivity contribution in [2.45, 2.75) is 19.5 Å². The first-order chi connectivity index (χ1) is 9.20. The molecule has 0 fully saturated rings. The summed E-state index contributed by atoms with van der Waals surface area (Å²) in [6.45, 7) is 2.70. The molecular formula is C15H14ClN3. The van der Waals surface area contributed by atoms with Gasteiger partial charge >= 0.3 is 0 Å². The van der Waals surface area contributed by atoms with Crippen LogP contribution in [-0.2, 0) is 6.54 Å². The van der Waals surface area contributed by atoms with E-state index < -0.39 is 0 Å². The van der Waals surface area contributed by atoms with Gasteiger partial charge in [0.1, 0.15) is 0 Å². The number of rotatable bonds is 4. The van der Waals surface area contributed by atoms with Gasteiger partial charge in [-0.2, -0.15) is 5.26 Å². The van der Waals surface area contributed by atoms with E-state index in [2.05, 4.69) is 23.3 Å². The number of benzene rings is 1. The zero-order valence-electron chi connectivity index (χ0n) is 10.6. The van der Waals surface area contributed by atoms with Crippen LogP contribution in [0.1, 0.15) is 29.8 Å². The van der Waals surface area contributed by atoms with E-state index in [-0.39, 0.29) is 6.04 Å². The number of nitriles is 1. The Morgan fingerprint density at radius 1 is 1.37 bits per heavy atom. The minimum absolute atomic E-state index is 0.146. The summed E-state index contributed by atoms with van der Waals surface area (Å²) >= 11 is 6.13. The molecule has 0 aliphatic heterocycles. The highest BCUT2D eigenvalue weighted by molar-refractivity contribution is 6.31. The van der Waals surface area contributed by atoms with Crippen molar-refractivity contribution in [2.75, 3.05) is 0 Å². The van der Waals surface area contributed by atoms with Gasteiger partial charge in [0.05, 0.1) is 17.3 Å². The third-order valence-corrected chi connectivity index (χ3v) is 3.26. The molecule has 0 spiro atoms. The van der Waals surface area contributed by atoms with Crippen LogP contribution in [0.15, 0.2) is 42.6 Å². The molecule has 0 aliphatic rings. The van der Waals surface area contributed by atoms with E-state index in [1.165, 1.54) is 0 Å². The number of pyridine rings is 1. The summed E-state index contributed by atoms with van der Waals surface area (Å²) in [5, 5.41) is 12.8. The van der Waals surface area contributed by atoms with Crippen LogP contribution in [0.3, 0.4) is 0 Å². The molecule has 19 heavy (non-hydrogen) atoms. The third-order valence-electron chi connectivity index (χ3n) is 2.91. The van der Waals surface area contributed by atoms with Gasteiger partial charge in [0.15, 0.2) is 0 Å². The van der Waals surface area contributed by atoms with Crippen molar-refractivity contribution in [1.82, 2.24) is 10.3 Å². The lowest BCUT2D eigenvalue weighted by atomic mass is 10.1. The molecule has 1 aromatic heterocycles. The lowest BCUT2D eigenvalue weighted by molar-refractivity contribution is 0.561. The van der Waals surface area contributed by atoms with Gasteiger partial charge in [0.2, 0.25) is 0 Å². The number of hydrogen-bond donors (Lipinski definition) is 1. The normalized spacial score (nSPS) is 11.8. The van der Waals surface area contributed by atoms with Crippen molar-refractivity contribution in [3.63, 3.8) is 0 Å². The third kappa shape index (κ3) is 3.54. The predicted octanol–water partition coefficient (Wildman–Crippen LogP) is 3.46. The summed E-state index contributed by atoms with van der Waals surface area (Å²) in [7, 11) is 0. The quantitative estimate of drug-likeness (QED) is 0.926. The summed E-state index contributed by atoms with van der Waals surface area (Å²) in [5.74, 6) is 0. The zero-order chi connectivity index (χ0) is 13.7. The first-order valence-corrected chi connectivity index (χ1v) is 6.41. The highest BCUT2D eigenvalue weighted by Crippen LogP contribution is 2.18. The van der Waals surface area contributed by atoms with Gasteiger partial charge in [0, 0.05) is 23.8 Å². The maximum absolute atomic E-state index is 8.79. The Bertz CT molecular complexity index is 590. The summed E-state index contributed by atoms with van der Waals surface area (Å²) < 4.78 is 0. The molecule has 1 atom stereocenters. The van der Waals surface area contributed by atoms with E-state index >= 15 is 0 Å². The van der Waals surface area contributed by atoms with Gasteiger partial charge in [-0.3, -0.25) is 4.98 Å². The average molecular weight is 272 g/mol. The molecule has 0 saturated heterocycles. The van der Waals surface area contributed by atoms with Crippen LogP contribution in [0, 0.1) is 11.3 Å². The second-order valence-electron chi connectivity index (χ2n) is 4.28. The van der Waals surface area contributed by atoms with Crippen molar-refractivity contribution in [3.8, 4) is 6.07 Å². The van der Waals surface area contributed by atoms with Gasteiger partial charge in [0.25, 0.3) is 0 Å². The molecule has 3 nitrogen and oxygen atoms in total. The minimum Gasteiger partial charge on any atom is -0.305 e. The standard InChI is InChI=1S/C15H14ClN3/c1-11(15-4-2-3-7-18-15)19-10-13-6-5-12(9-17)8-14(13)16/h2-8,11,19H,10H2,1H3/t11-/m0/s1. The van der Waals surface area contributed by atoms with Crippen molar-refractivity contribution in [1.29, 1.82) is 5.26 Å². The number of halogens is 1. The number of nitrogens with one attached hydrogen (secondary N) is 1. The summed E-state index contributed by atoms with van der Waals surface area (Å²) in [6, 6.07) is 13.4. The number of hydrogen-bond acceptors (Lipinski definition) is 3. The van der Waals surface area contributed by atoms with Gasteiger partial charge in [-0.15, -0.1) is 0 Å². The Balaban J connectivity index is 2.01. The summed E-state index contributed by atoms with van der Waals surface area (Å²) in [5.41, 5.74) is 2.54. The second kappa shape index (κ2) is 6.33. The Labute approximate surface area is 117 Å². The van der Waals surface area contributed by atoms with Crippen LogP contribution in [-0.4, -0.2) is 4.98 Å². The molecule has 1 heterocycles. The molecule has 0 radical (unpaired) electrons. The lowest BCUT2D eigenvalue weighted by Crippen LogP contribution is -2.19. The number of aromatic nitrogens is 1. The van der Waals surface area contributed by atoms with Gasteiger partial charge in [-0.05, 0) is 36.8 Å². The Kier molecular flexibility index (Phi) is 4.51. The Morgan fingerprint density at radius 3 is 2.84 bits per heavy atom. The fourth-order valence-corrected chi connectivity index (χ4v) is 2.01. The number of nitrogens with zero attached hydrogens (tertiary/aromatic N) is 2. The molecule has 0 aliphatic carbocycles. The maximum Gasteiger partial charge on any atom is 0.0992 e. The largest absolute Gasteiger partial charge is 0.305 e.